The molecule has 4 N–H and O–H groups in total. The summed E-state index contributed by atoms with van der Waals surface area (Å²) >= 11 is 0. The normalized spacial score (nSPS) is 10.6. The van der Waals surface area contributed by atoms with E-state index in [-0.39, 0.29) is 26.2 Å². The molecule has 0 aliphatic carbocycles. The zero-order valence-corrected chi connectivity index (χ0v) is 12.1. The fourth-order valence-corrected chi connectivity index (χ4v) is 1.53. The predicted octanol–water partition coefficient (Wildman–Crippen LogP) is -1.80. The lowest BCUT2D eigenvalue weighted by molar-refractivity contribution is -0.146. The van der Waals surface area contributed by atoms with Crippen molar-refractivity contribution in [3.63, 3.8) is 0 Å². The number of carboxylic acids is 2. The number of nitrogens with one attached hydrogen (secondary N) is 2. The first-order chi connectivity index (χ1) is 9.95. The van der Waals surface area contributed by atoms with Crippen LogP contribution in [-0.2, 0) is 19.1 Å². The quantitative estimate of drug-likeness (QED) is 0.230. The maximum Gasteiger partial charge on any atom is 0.320 e. The molecule has 0 aromatic heterocycles. The van der Waals surface area contributed by atoms with Gasteiger partial charge in [-0.05, 0) is 6.92 Å². The smallest absolute Gasteiger partial charge is 0.320 e. The van der Waals surface area contributed by atoms with E-state index in [2.05, 4.69) is 10.6 Å². The maximum absolute atomic E-state index is 11.3. The van der Waals surface area contributed by atoms with E-state index in [9.17, 15) is 14.4 Å². The van der Waals surface area contributed by atoms with Gasteiger partial charge in [0.2, 0.25) is 0 Å². The van der Waals surface area contributed by atoms with Gasteiger partial charge < -0.3 is 25.6 Å². The molecule has 0 heterocycles. The van der Waals surface area contributed by atoms with Crippen molar-refractivity contribution in [3.05, 3.63) is 0 Å². The van der Waals surface area contributed by atoms with Gasteiger partial charge in [-0.3, -0.25) is 19.3 Å². The SMILES string of the molecule is CCOC(=O)CN(CCNCCNCC(=O)O)CC(=O)O. The summed E-state index contributed by atoms with van der Waals surface area (Å²) in [5.74, 6) is -2.39. The van der Waals surface area contributed by atoms with E-state index in [1.807, 2.05) is 0 Å². The first-order valence-electron chi connectivity index (χ1n) is 6.68. The summed E-state index contributed by atoms with van der Waals surface area (Å²) in [6.45, 7) is 3.44. The molecule has 0 unspecified atom stereocenters. The Bertz CT molecular complexity index is 337. The van der Waals surface area contributed by atoms with E-state index in [1.54, 1.807) is 6.92 Å². The van der Waals surface area contributed by atoms with E-state index in [1.165, 1.54) is 4.90 Å². The number of nitrogens with zero attached hydrogens (tertiary/aromatic N) is 1. The first kappa shape index (κ1) is 19.3. The molecule has 0 rings (SSSR count). The van der Waals surface area contributed by atoms with Gasteiger partial charge in [0.05, 0.1) is 26.2 Å². The van der Waals surface area contributed by atoms with Gasteiger partial charge in [-0.2, -0.15) is 0 Å². The molecule has 9 heteroatoms. The lowest BCUT2D eigenvalue weighted by Gasteiger charge is -2.19. The fourth-order valence-electron chi connectivity index (χ4n) is 1.53. The van der Waals surface area contributed by atoms with Crippen LogP contribution in [0.3, 0.4) is 0 Å². The van der Waals surface area contributed by atoms with Crippen LogP contribution in [0.1, 0.15) is 6.92 Å². The van der Waals surface area contributed by atoms with Gasteiger partial charge >= 0.3 is 17.9 Å². The Morgan fingerprint density at radius 3 is 2.24 bits per heavy atom. The summed E-state index contributed by atoms with van der Waals surface area (Å²) in [6.07, 6.45) is 0. The van der Waals surface area contributed by atoms with Crippen LogP contribution in [0.2, 0.25) is 0 Å². The molecular weight excluding hydrogens is 282 g/mol. The standard InChI is InChI=1S/C12H23N3O6/c1-2-21-12(20)9-15(8-11(18)19)6-5-13-3-4-14-7-10(16)17/h13-14H,2-9H2,1H3,(H,16,17)(H,18,19). The van der Waals surface area contributed by atoms with Crippen LogP contribution in [0.15, 0.2) is 0 Å². The third-order valence-electron chi connectivity index (χ3n) is 2.38. The minimum atomic E-state index is -1.01. The number of carbonyl (C=O) groups is 3. The fraction of sp³-hybridized carbons (Fsp3) is 0.750. The lowest BCUT2D eigenvalue weighted by Crippen LogP contribution is -2.40. The molecule has 0 aliphatic rings. The molecule has 0 spiro atoms. The minimum absolute atomic E-state index is 0.0704. The Kier molecular flexibility index (Phi) is 11.1. The van der Waals surface area contributed by atoms with Crippen LogP contribution >= 0.6 is 0 Å². The number of hydrogen-bond donors (Lipinski definition) is 4. The Morgan fingerprint density at radius 2 is 1.67 bits per heavy atom. The van der Waals surface area contributed by atoms with Crippen molar-refractivity contribution in [1.29, 1.82) is 0 Å². The summed E-state index contributed by atoms with van der Waals surface area (Å²) in [6, 6.07) is 0. The topological polar surface area (TPSA) is 128 Å². The van der Waals surface area contributed by atoms with Crippen molar-refractivity contribution < 1.29 is 29.3 Å². The Hall–Kier alpha value is -1.71. The summed E-state index contributed by atoms with van der Waals surface area (Å²) in [4.78, 5) is 33.8. The van der Waals surface area contributed by atoms with E-state index in [0.29, 0.717) is 26.2 Å². The molecule has 0 saturated heterocycles. The third kappa shape index (κ3) is 13.0. The van der Waals surface area contributed by atoms with E-state index in [4.69, 9.17) is 14.9 Å². The van der Waals surface area contributed by atoms with E-state index in [0.717, 1.165) is 0 Å². The van der Waals surface area contributed by atoms with Crippen LogP contribution in [0.5, 0.6) is 0 Å². The zero-order valence-electron chi connectivity index (χ0n) is 12.1. The van der Waals surface area contributed by atoms with Gasteiger partial charge in [0.25, 0.3) is 0 Å². The lowest BCUT2D eigenvalue weighted by atomic mass is 10.4. The van der Waals surface area contributed by atoms with Crippen molar-refractivity contribution in [2.24, 2.45) is 0 Å². The van der Waals surface area contributed by atoms with Crippen LogP contribution in [0, 0.1) is 0 Å². The molecule has 9 nitrogen and oxygen atoms in total. The van der Waals surface area contributed by atoms with Crippen molar-refractivity contribution in [2.75, 3.05) is 52.4 Å². The van der Waals surface area contributed by atoms with Crippen LogP contribution < -0.4 is 10.6 Å². The van der Waals surface area contributed by atoms with Crippen molar-refractivity contribution in [2.45, 2.75) is 6.92 Å². The predicted molar refractivity (Wildman–Crippen MR) is 74.1 cm³/mol. The Labute approximate surface area is 123 Å². The molecule has 0 aromatic rings. The number of rotatable bonds is 13. The number of ether oxygens (including phenoxy) is 1. The Morgan fingerprint density at radius 1 is 1.00 bits per heavy atom. The van der Waals surface area contributed by atoms with E-state index >= 15 is 0 Å². The third-order valence-corrected chi connectivity index (χ3v) is 2.38. The monoisotopic (exact) mass is 305 g/mol. The van der Waals surface area contributed by atoms with Gasteiger partial charge in [0.15, 0.2) is 0 Å². The number of carboxylic acid groups (broad SMARTS) is 2. The van der Waals surface area contributed by atoms with Gasteiger partial charge in [-0.25, -0.2) is 0 Å². The van der Waals surface area contributed by atoms with Gasteiger partial charge in [-0.15, -0.1) is 0 Å². The number of hydrogen-bond acceptors (Lipinski definition) is 7. The Balaban J connectivity index is 3.82. The highest BCUT2D eigenvalue weighted by Gasteiger charge is 2.14. The number of carbonyl (C=O) groups excluding carboxylic acids is 1. The second kappa shape index (κ2) is 12.1. The largest absolute Gasteiger partial charge is 0.480 e. The highest BCUT2D eigenvalue weighted by atomic mass is 16.5. The van der Waals surface area contributed by atoms with Crippen molar-refractivity contribution in [3.8, 4) is 0 Å². The van der Waals surface area contributed by atoms with Crippen molar-refractivity contribution in [1.82, 2.24) is 15.5 Å². The van der Waals surface area contributed by atoms with Gasteiger partial charge in [0, 0.05) is 26.2 Å². The first-order valence-corrected chi connectivity index (χ1v) is 6.68. The summed E-state index contributed by atoms with van der Waals surface area (Å²) < 4.78 is 4.78. The van der Waals surface area contributed by atoms with Crippen molar-refractivity contribution >= 4 is 17.9 Å². The highest BCUT2D eigenvalue weighted by Crippen LogP contribution is 1.90. The highest BCUT2D eigenvalue weighted by molar-refractivity contribution is 5.74. The minimum Gasteiger partial charge on any atom is -0.480 e. The average molecular weight is 305 g/mol. The van der Waals surface area contributed by atoms with Crippen LogP contribution in [-0.4, -0.2) is 85.4 Å². The molecule has 122 valence electrons. The molecule has 0 aliphatic heterocycles. The molecule has 0 saturated carbocycles. The zero-order chi connectivity index (χ0) is 16.1. The second-order valence-corrected chi connectivity index (χ2v) is 4.23. The van der Waals surface area contributed by atoms with Gasteiger partial charge in [0.1, 0.15) is 0 Å². The molecule has 0 bridgehead atoms. The summed E-state index contributed by atoms with van der Waals surface area (Å²) in [7, 11) is 0. The molecule has 21 heavy (non-hydrogen) atoms. The molecular formula is C12H23N3O6. The molecule has 0 radical (unpaired) electrons. The molecule has 0 atom stereocenters. The summed E-state index contributed by atoms with van der Waals surface area (Å²) in [5.41, 5.74) is 0. The molecule has 0 aromatic carbocycles. The number of aliphatic carboxylic acids is 2. The second-order valence-electron chi connectivity index (χ2n) is 4.23. The average Bonchev–Trinajstić information content (AvgIpc) is 2.36. The van der Waals surface area contributed by atoms with Crippen LogP contribution in [0.25, 0.3) is 0 Å². The summed E-state index contributed by atoms with van der Waals surface area (Å²) in [5, 5.41) is 22.9. The van der Waals surface area contributed by atoms with Crippen LogP contribution in [0.4, 0.5) is 0 Å². The maximum atomic E-state index is 11.3. The van der Waals surface area contributed by atoms with E-state index < -0.39 is 17.9 Å². The number of esters is 1. The molecule has 0 amide bonds. The molecule has 0 fully saturated rings. The van der Waals surface area contributed by atoms with Gasteiger partial charge in [-0.1, -0.05) is 0 Å².